The number of benzene rings is 2. The largest absolute Gasteiger partial charge is 0.507 e. The molecule has 10 heteroatoms. The second-order valence-corrected chi connectivity index (χ2v) is 7.88. The Balaban J connectivity index is 1.85. The van der Waals surface area contributed by atoms with E-state index in [0.29, 0.717) is 4.91 Å². The van der Waals surface area contributed by atoms with E-state index >= 15 is 0 Å². The molecule has 2 aromatic carbocycles. The number of rotatable bonds is 4. The first kappa shape index (κ1) is 19.2. The predicted octanol–water partition coefficient (Wildman–Crippen LogP) is 4.30. The second kappa shape index (κ2) is 7.99. The van der Waals surface area contributed by atoms with E-state index in [-0.39, 0.29) is 21.3 Å². The van der Waals surface area contributed by atoms with E-state index in [4.69, 9.17) is 12.2 Å². The average Bonchev–Trinajstić information content (AvgIpc) is 2.87. The Hall–Kier alpha value is -2.56. The van der Waals surface area contributed by atoms with Gasteiger partial charge in [-0.05, 0) is 42.1 Å². The summed E-state index contributed by atoms with van der Waals surface area (Å²) in [6, 6.07) is 11.0. The molecule has 0 atom stereocenters. The molecule has 136 valence electrons. The van der Waals surface area contributed by atoms with Gasteiger partial charge in [-0.1, -0.05) is 39.8 Å². The number of hydrazone groups is 1. The van der Waals surface area contributed by atoms with Crippen LogP contribution in [0.15, 0.2) is 56.9 Å². The molecule has 0 aliphatic carbocycles. The number of halogens is 1. The maximum Gasteiger partial charge on any atom is 0.286 e. The van der Waals surface area contributed by atoms with Crippen molar-refractivity contribution in [2.45, 2.75) is 0 Å². The monoisotopic (exact) mass is 463 g/mol. The van der Waals surface area contributed by atoms with Gasteiger partial charge in [0.15, 0.2) is 4.32 Å². The van der Waals surface area contributed by atoms with Crippen molar-refractivity contribution in [3.05, 3.63) is 73.1 Å². The van der Waals surface area contributed by atoms with Crippen molar-refractivity contribution in [1.29, 1.82) is 0 Å². The molecule has 1 amide bonds. The van der Waals surface area contributed by atoms with Crippen molar-refractivity contribution in [1.82, 2.24) is 5.01 Å². The van der Waals surface area contributed by atoms with Crippen LogP contribution in [0.25, 0.3) is 6.08 Å². The number of nitrogens with zero attached hydrogens (tertiary/aromatic N) is 3. The Bertz CT molecular complexity index is 1020. The molecule has 1 aliphatic rings. The normalized spacial score (nSPS) is 15.9. The summed E-state index contributed by atoms with van der Waals surface area (Å²) in [6.45, 7) is 0. The lowest BCUT2D eigenvalue weighted by Crippen LogP contribution is -2.22. The molecule has 27 heavy (non-hydrogen) atoms. The smallest absolute Gasteiger partial charge is 0.286 e. The van der Waals surface area contributed by atoms with E-state index in [9.17, 15) is 20.0 Å². The lowest BCUT2D eigenvalue weighted by Gasteiger charge is -2.06. The van der Waals surface area contributed by atoms with Gasteiger partial charge in [0, 0.05) is 22.2 Å². The Morgan fingerprint density at radius 3 is 2.78 bits per heavy atom. The summed E-state index contributed by atoms with van der Waals surface area (Å²) in [7, 11) is 0. The lowest BCUT2D eigenvalue weighted by atomic mass is 10.2. The van der Waals surface area contributed by atoms with Gasteiger partial charge in [-0.3, -0.25) is 14.9 Å². The highest BCUT2D eigenvalue weighted by Gasteiger charge is 2.32. The lowest BCUT2D eigenvalue weighted by molar-refractivity contribution is -0.384. The molecular formula is C17H10BrN3O4S2. The number of carbonyl (C=O) groups is 1. The Kier molecular flexibility index (Phi) is 5.68. The third-order valence-electron chi connectivity index (χ3n) is 3.45. The van der Waals surface area contributed by atoms with Gasteiger partial charge >= 0.3 is 0 Å². The minimum atomic E-state index is -0.586. The Labute approximate surface area is 171 Å². The molecule has 1 saturated heterocycles. The summed E-state index contributed by atoms with van der Waals surface area (Å²) in [6.07, 6.45) is 2.86. The van der Waals surface area contributed by atoms with E-state index in [1.165, 1.54) is 12.1 Å². The summed E-state index contributed by atoms with van der Waals surface area (Å²) in [4.78, 5) is 23.2. The molecule has 7 nitrogen and oxygen atoms in total. The number of hydrogen-bond acceptors (Lipinski definition) is 7. The van der Waals surface area contributed by atoms with Gasteiger partial charge in [0.05, 0.1) is 16.0 Å². The molecule has 0 saturated carbocycles. The minimum Gasteiger partial charge on any atom is -0.507 e. The SMILES string of the molecule is O=C1/C(=C\c2cccc(Br)c2)SC(=S)N1/N=C/c1cc([N+](=O)[O-])ccc1O. The van der Waals surface area contributed by atoms with Crippen LogP contribution in [0.5, 0.6) is 5.75 Å². The van der Waals surface area contributed by atoms with Crippen molar-refractivity contribution in [2.75, 3.05) is 0 Å². The first-order valence-corrected chi connectivity index (χ1v) is 9.42. The molecule has 1 aliphatic heterocycles. The quantitative estimate of drug-likeness (QED) is 0.238. The van der Waals surface area contributed by atoms with Crippen LogP contribution in [-0.2, 0) is 4.79 Å². The fourth-order valence-electron chi connectivity index (χ4n) is 2.19. The van der Waals surface area contributed by atoms with Crippen LogP contribution in [0.1, 0.15) is 11.1 Å². The number of amides is 1. The van der Waals surface area contributed by atoms with Gasteiger partial charge in [-0.2, -0.15) is 10.1 Å². The van der Waals surface area contributed by atoms with Crippen molar-refractivity contribution in [3.8, 4) is 5.75 Å². The number of phenolic OH excluding ortho intramolecular Hbond substituents is 1. The van der Waals surface area contributed by atoms with Crippen LogP contribution in [0.2, 0.25) is 0 Å². The number of thioether (sulfide) groups is 1. The van der Waals surface area contributed by atoms with Gasteiger partial charge < -0.3 is 5.11 Å². The zero-order valence-corrected chi connectivity index (χ0v) is 16.6. The van der Waals surface area contributed by atoms with E-state index in [1.54, 1.807) is 6.08 Å². The van der Waals surface area contributed by atoms with Crippen molar-refractivity contribution in [2.24, 2.45) is 5.10 Å². The second-order valence-electron chi connectivity index (χ2n) is 5.29. The maximum atomic E-state index is 12.5. The van der Waals surface area contributed by atoms with Crippen LogP contribution >= 0.6 is 39.9 Å². The number of phenols is 1. The molecule has 0 spiro atoms. The number of aromatic hydroxyl groups is 1. The van der Waals surface area contributed by atoms with E-state index < -0.39 is 10.8 Å². The van der Waals surface area contributed by atoms with E-state index in [1.807, 2.05) is 24.3 Å². The average molecular weight is 464 g/mol. The third kappa shape index (κ3) is 4.41. The standard InChI is InChI=1S/C17H10BrN3O4S2/c18-12-3-1-2-10(6-12)7-15-16(23)20(17(26)27-15)19-9-11-8-13(21(24)25)4-5-14(11)22/h1-9,22H/b15-7+,19-9+. The molecule has 0 aromatic heterocycles. The van der Waals surface area contributed by atoms with Crippen LogP contribution in [0, 0.1) is 10.1 Å². The summed E-state index contributed by atoms with van der Waals surface area (Å²) >= 11 is 9.66. The summed E-state index contributed by atoms with van der Waals surface area (Å²) in [5.41, 5.74) is 0.730. The topological polar surface area (TPSA) is 96.0 Å². The van der Waals surface area contributed by atoms with Gasteiger partial charge in [-0.15, -0.1) is 0 Å². The van der Waals surface area contributed by atoms with Crippen molar-refractivity contribution < 1.29 is 14.8 Å². The van der Waals surface area contributed by atoms with Crippen LogP contribution < -0.4 is 0 Å². The fourth-order valence-corrected chi connectivity index (χ4v) is 3.78. The summed E-state index contributed by atoms with van der Waals surface area (Å²) in [5.74, 6) is -0.606. The van der Waals surface area contributed by atoms with Gasteiger partial charge in [-0.25, -0.2) is 0 Å². The molecule has 0 unspecified atom stereocenters. The van der Waals surface area contributed by atoms with E-state index in [0.717, 1.165) is 39.1 Å². The predicted molar refractivity (Wildman–Crippen MR) is 112 cm³/mol. The van der Waals surface area contributed by atoms with Gasteiger partial charge in [0.1, 0.15) is 5.75 Å². The highest BCUT2D eigenvalue weighted by atomic mass is 79.9. The first-order chi connectivity index (χ1) is 12.8. The van der Waals surface area contributed by atoms with Gasteiger partial charge in [0.2, 0.25) is 0 Å². The number of thiocarbonyl (C=S) groups is 1. The number of non-ortho nitro benzene ring substituents is 1. The third-order valence-corrected chi connectivity index (χ3v) is 5.23. The fraction of sp³-hybridized carbons (Fsp3) is 0. The highest BCUT2D eigenvalue weighted by molar-refractivity contribution is 9.10. The van der Waals surface area contributed by atoms with Gasteiger partial charge in [0.25, 0.3) is 11.6 Å². The number of nitro groups is 1. The van der Waals surface area contributed by atoms with Crippen molar-refractivity contribution >= 4 is 68.1 Å². The zero-order chi connectivity index (χ0) is 19.6. The Morgan fingerprint density at radius 2 is 2.07 bits per heavy atom. The highest BCUT2D eigenvalue weighted by Crippen LogP contribution is 2.33. The molecule has 3 rings (SSSR count). The molecule has 1 fully saturated rings. The Morgan fingerprint density at radius 1 is 1.30 bits per heavy atom. The molecule has 1 heterocycles. The molecule has 0 radical (unpaired) electrons. The zero-order valence-electron chi connectivity index (χ0n) is 13.4. The van der Waals surface area contributed by atoms with Crippen LogP contribution in [0.3, 0.4) is 0 Å². The van der Waals surface area contributed by atoms with Crippen molar-refractivity contribution in [3.63, 3.8) is 0 Å². The molecular weight excluding hydrogens is 454 g/mol. The minimum absolute atomic E-state index is 0.106. The number of carbonyl (C=O) groups excluding carboxylic acids is 1. The number of nitro benzene ring substituents is 1. The number of hydrogen-bond donors (Lipinski definition) is 1. The van der Waals surface area contributed by atoms with Crippen LogP contribution in [0.4, 0.5) is 5.69 Å². The summed E-state index contributed by atoms with van der Waals surface area (Å²) < 4.78 is 1.10. The van der Waals surface area contributed by atoms with Crippen LogP contribution in [-0.4, -0.2) is 31.5 Å². The first-order valence-electron chi connectivity index (χ1n) is 7.40. The molecule has 0 bridgehead atoms. The molecule has 1 N–H and O–H groups in total. The summed E-state index contributed by atoms with van der Waals surface area (Å²) in [5, 5.41) is 25.7. The molecule has 2 aromatic rings. The maximum absolute atomic E-state index is 12.5. The van der Waals surface area contributed by atoms with E-state index in [2.05, 4.69) is 21.0 Å².